The SMILES string of the molecule is COCCN=C(N)Nc1ccc(OC)cc1.I. The van der Waals surface area contributed by atoms with Gasteiger partial charge in [-0.1, -0.05) is 0 Å². The summed E-state index contributed by atoms with van der Waals surface area (Å²) in [5, 5.41) is 2.97. The molecule has 6 heteroatoms. The number of nitrogens with one attached hydrogen (secondary N) is 1. The zero-order valence-corrected chi connectivity index (χ0v) is 12.3. The molecule has 0 fully saturated rings. The van der Waals surface area contributed by atoms with Crippen molar-refractivity contribution in [2.24, 2.45) is 10.7 Å². The van der Waals surface area contributed by atoms with Gasteiger partial charge in [-0.15, -0.1) is 24.0 Å². The number of methoxy groups -OCH3 is 2. The highest BCUT2D eigenvalue weighted by Gasteiger charge is 1.95. The molecule has 0 saturated carbocycles. The van der Waals surface area contributed by atoms with Gasteiger partial charge in [-0.2, -0.15) is 0 Å². The Bertz CT molecular complexity index is 341. The van der Waals surface area contributed by atoms with Crippen molar-refractivity contribution in [2.45, 2.75) is 0 Å². The van der Waals surface area contributed by atoms with E-state index in [1.54, 1.807) is 14.2 Å². The lowest BCUT2D eigenvalue weighted by Gasteiger charge is -2.06. The second-order valence-electron chi connectivity index (χ2n) is 3.11. The third kappa shape index (κ3) is 6.32. The molecule has 0 aliphatic heterocycles. The Morgan fingerprint density at radius 3 is 2.47 bits per heavy atom. The Balaban J connectivity index is 0.00000256. The van der Waals surface area contributed by atoms with Gasteiger partial charge in [0.15, 0.2) is 5.96 Å². The van der Waals surface area contributed by atoms with Crippen LogP contribution in [0.3, 0.4) is 0 Å². The summed E-state index contributed by atoms with van der Waals surface area (Å²) in [6, 6.07) is 7.45. The number of halogens is 1. The molecule has 17 heavy (non-hydrogen) atoms. The highest BCUT2D eigenvalue weighted by Crippen LogP contribution is 2.14. The molecule has 0 radical (unpaired) electrons. The first-order valence-electron chi connectivity index (χ1n) is 4.96. The van der Waals surface area contributed by atoms with Crippen molar-refractivity contribution in [2.75, 3.05) is 32.7 Å². The number of benzene rings is 1. The fourth-order valence-electron chi connectivity index (χ4n) is 1.12. The molecule has 0 aromatic heterocycles. The van der Waals surface area contributed by atoms with Gasteiger partial charge in [0.05, 0.1) is 20.3 Å². The molecule has 0 heterocycles. The summed E-state index contributed by atoms with van der Waals surface area (Å²) in [5.41, 5.74) is 6.54. The Morgan fingerprint density at radius 1 is 1.29 bits per heavy atom. The normalized spacial score (nSPS) is 10.6. The second kappa shape index (κ2) is 9.06. The maximum absolute atomic E-state index is 5.67. The van der Waals surface area contributed by atoms with Crippen LogP contribution in [0.4, 0.5) is 5.69 Å². The molecule has 1 rings (SSSR count). The lowest BCUT2D eigenvalue weighted by atomic mass is 10.3. The first-order valence-corrected chi connectivity index (χ1v) is 4.96. The molecule has 0 aliphatic rings. The average molecular weight is 351 g/mol. The minimum atomic E-state index is 0. The number of hydrogen-bond donors (Lipinski definition) is 2. The number of guanidine groups is 1. The number of anilines is 1. The molecule has 3 N–H and O–H groups in total. The summed E-state index contributed by atoms with van der Waals surface area (Å²) in [6.07, 6.45) is 0. The van der Waals surface area contributed by atoms with Gasteiger partial charge in [0.1, 0.15) is 5.75 Å². The van der Waals surface area contributed by atoms with Crippen LogP contribution in [0.15, 0.2) is 29.3 Å². The first-order chi connectivity index (χ1) is 7.76. The summed E-state index contributed by atoms with van der Waals surface area (Å²) >= 11 is 0. The third-order valence-electron chi connectivity index (χ3n) is 1.94. The van der Waals surface area contributed by atoms with E-state index in [2.05, 4.69) is 10.3 Å². The lowest BCUT2D eigenvalue weighted by Crippen LogP contribution is -2.23. The molecular formula is C11H18IN3O2. The largest absolute Gasteiger partial charge is 0.497 e. The number of rotatable bonds is 5. The van der Waals surface area contributed by atoms with Crippen LogP contribution in [0.2, 0.25) is 0 Å². The number of nitrogens with zero attached hydrogens (tertiary/aromatic N) is 1. The fourth-order valence-corrected chi connectivity index (χ4v) is 1.12. The monoisotopic (exact) mass is 351 g/mol. The van der Waals surface area contributed by atoms with E-state index in [0.717, 1.165) is 11.4 Å². The smallest absolute Gasteiger partial charge is 0.193 e. The molecule has 0 atom stereocenters. The van der Waals surface area contributed by atoms with Crippen molar-refractivity contribution in [3.05, 3.63) is 24.3 Å². The van der Waals surface area contributed by atoms with Crippen molar-refractivity contribution in [3.63, 3.8) is 0 Å². The van der Waals surface area contributed by atoms with Crippen LogP contribution in [0, 0.1) is 0 Å². The first kappa shape index (κ1) is 16.0. The zero-order chi connectivity index (χ0) is 11.8. The Morgan fingerprint density at radius 2 is 1.94 bits per heavy atom. The molecule has 5 nitrogen and oxygen atoms in total. The van der Waals surface area contributed by atoms with Crippen LogP contribution in [-0.4, -0.2) is 33.3 Å². The van der Waals surface area contributed by atoms with E-state index in [4.69, 9.17) is 15.2 Å². The van der Waals surface area contributed by atoms with Crippen LogP contribution in [0.5, 0.6) is 5.75 Å². The molecule has 0 spiro atoms. The molecule has 96 valence electrons. The zero-order valence-electron chi connectivity index (χ0n) is 9.97. The highest BCUT2D eigenvalue weighted by molar-refractivity contribution is 14.0. The van der Waals surface area contributed by atoms with Crippen LogP contribution >= 0.6 is 24.0 Å². The Kier molecular flexibility index (Phi) is 8.51. The minimum Gasteiger partial charge on any atom is -0.497 e. The van der Waals surface area contributed by atoms with Crippen molar-refractivity contribution in [3.8, 4) is 5.75 Å². The number of hydrogen-bond acceptors (Lipinski definition) is 3. The predicted octanol–water partition coefficient (Wildman–Crippen LogP) is 1.69. The van der Waals surface area contributed by atoms with Gasteiger partial charge in [-0.3, -0.25) is 4.99 Å². The molecule has 0 amide bonds. The van der Waals surface area contributed by atoms with Crippen LogP contribution in [-0.2, 0) is 4.74 Å². The molecule has 0 saturated heterocycles. The lowest BCUT2D eigenvalue weighted by molar-refractivity contribution is 0.208. The second-order valence-corrected chi connectivity index (χ2v) is 3.11. The predicted molar refractivity (Wildman–Crippen MR) is 80.4 cm³/mol. The molecule has 0 aliphatic carbocycles. The summed E-state index contributed by atoms with van der Waals surface area (Å²) < 4.78 is 9.91. The van der Waals surface area contributed by atoms with Gasteiger partial charge in [-0.05, 0) is 24.3 Å². The van der Waals surface area contributed by atoms with Crippen molar-refractivity contribution >= 4 is 35.6 Å². The minimum absolute atomic E-state index is 0. The summed E-state index contributed by atoms with van der Waals surface area (Å²) in [4.78, 5) is 4.08. The van der Waals surface area contributed by atoms with E-state index in [1.807, 2.05) is 24.3 Å². The van der Waals surface area contributed by atoms with Gasteiger partial charge in [0.25, 0.3) is 0 Å². The number of aliphatic imine (C=N–C) groups is 1. The maximum Gasteiger partial charge on any atom is 0.193 e. The van der Waals surface area contributed by atoms with Gasteiger partial charge < -0.3 is 20.5 Å². The van der Waals surface area contributed by atoms with Crippen LogP contribution in [0.25, 0.3) is 0 Å². The molecular weight excluding hydrogens is 333 g/mol. The maximum atomic E-state index is 5.67. The average Bonchev–Trinajstić information content (AvgIpc) is 2.30. The Labute approximate surface area is 118 Å². The van der Waals surface area contributed by atoms with E-state index in [1.165, 1.54) is 0 Å². The molecule has 0 bridgehead atoms. The van der Waals surface area contributed by atoms with Crippen LogP contribution in [0.1, 0.15) is 0 Å². The topological polar surface area (TPSA) is 68.9 Å². The van der Waals surface area contributed by atoms with Crippen LogP contribution < -0.4 is 15.8 Å². The van der Waals surface area contributed by atoms with E-state index in [-0.39, 0.29) is 24.0 Å². The van der Waals surface area contributed by atoms with E-state index in [0.29, 0.717) is 19.1 Å². The Hall–Kier alpha value is -1.02. The van der Waals surface area contributed by atoms with Gasteiger partial charge in [0.2, 0.25) is 0 Å². The summed E-state index contributed by atoms with van der Waals surface area (Å²) in [6.45, 7) is 1.11. The van der Waals surface area contributed by atoms with Gasteiger partial charge in [0, 0.05) is 12.8 Å². The summed E-state index contributed by atoms with van der Waals surface area (Å²) in [5.74, 6) is 1.18. The van der Waals surface area contributed by atoms with E-state index in [9.17, 15) is 0 Å². The van der Waals surface area contributed by atoms with Gasteiger partial charge >= 0.3 is 0 Å². The molecule has 0 unspecified atom stereocenters. The quantitative estimate of drug-likeness (QED) is 0.367. The number of nitrogens with two attached hydrogens (primary N) is 1. The molecule has 1 aromatic carbocycles. The van der Waals surface area contributed by atoms with E-state index < -0.39 is 0 Å². The van der Waals surface area contributed by atoms with Crippen molar-refractivity contribution in [1.82, 2.24) is 0 Å². The van der Waals surface area contributed by atoms with Crippen molar-refractivity contribution < 1.29 is 9.47 Å². The van der Waals surface area contributed by atoms with Crippen molar-refractivity contribution in [1.29, 1.82) is 0 Å². The highest BCUT2D eigenvalue weighted by atomic mass is 127. The van der Waals surface area contributed by atoms with Gasteiger partial charge in [-0.25, -0.2) is 0 Å². The van der Waals surface area contributed by atoms with E-state index >= 15 is 0 Å². The third-order valence-corrected chi connectivity index (χ3v) is 1.94. The summed E-state index contributed by atoms with van der Waals surface area (Å²) in [7, 11) is 3.26. The number of ether oxygens (including phenoxy) is 2. The fraction of sp³-hybridized carbons (Fsp3) is 0.364. The standard InChI is InChI=1S/C11H17N3O2.HI/c1-15-8-7-13-11(12)14-9-3-5-10(16-2)6-4-9;/h3-6H,7-8H2,1-2H3,(H3,12,13,14);1H. The molecule has 1 aromatic rings.